The molecule has 0 aromatic heterocycles. The van der Waals surface area contributed by atoms with E-state index in [1.807, 2.05) is 0 Å². The summed E-state index contributed by atoms with van der Waals surface area (Å²) in [6.07, 6.45) is 2.07. The third-order valence-corrected chi connectivity index (χ3v) is 4.47. The molecule has 1 aliphatic heterocycles. The molecule has 7 heteroatoms. The number of rotatable bonds is 6. The summed E-state index contributed by atoms with van der Waals surface area (Å²) >= 11 is 0. The normalized spacial score (nSPS) is 15.7. The van der Waals surface area contributed by atoms with Crippen LogP contribution in [0.1, 0.15) is 43.9 Å². The zero-order chi connectivity index (χ0) is 19.9. The fourth-order valence-electron chi connectivity index (χ4n) is 2.93. The van der Waals surface area contributed by atoms with Crippen LogP contribution >= 0.6 is 0 Å². The van der Waals surface area contributed by atoms with E-state index >= 15 is 0 Å². The number of hydrogen-bond donors (Lipinski definition) is 2. The summed E-state index contributed by atoms with van der Waals surface area (Å²) in [7, 11) is 1.29. The number of hydrogen-bond acceptors (Lipinski definition) is 5. The smallest absolute Gasteiger partial charge is 0.337 e. The van der Waals surface area contributed by atoms with Crippen molar-refractivity contribution < 1.29 is 23.9 Å². The van der Waals surface area contributed by atoms with Crippen LogP contribution in [-0.2, 0) is 9.47 Å². The van der Waals surface area contributed by atoms with E-state index < -0.39 is 5.97 Å². The average Bonchev–Trinajstić information content (AvgIpc) is 3.25. The van der Waals surface area contributed by atoms with Gasteiger partial charge in [0.2, 0.25) is 0 Å². The topological polar surface area (TPSA) is 93.7 Å². The molecule has 2 aromatic carbocycles. The van der Waals surface area contributed by atoms with Crippen molar-refractivity contribution in [2.45, 2.75) is 18.9 Å². The van der Waals surface area contributed by atoms with Crippen molar-refractivity contribution in [1.29, 1.82) is 0 Å². The molecular formula is C21H22N2O5. The van der Waals surface area contributed by atoms with Crippen molar-refractivity contribution >= 4 is 23.5 Å². The first-order valence-electron chi connectivity index (χ1n) is 9.06. The van der Waals surface area contributed by atoms with Gasteiger partial charge in [-0.25, -0.2) is 4.79 Å². The molecule has 1 fully saturated rings. The predicted octanol–water partition coefficient (Wildman–Crippen LogP) is 2.63. The van der Waals surface area contributed by atoms with Gasteiger partial charge in [0.25, 0.3) is 11.8 Å². The van der Waals surface area contributed by atoms with E-state index in [1.54, 1.807) is 42.5 Å². The Morgan fingerprint density at radius 1 is 1.04 bits per heavy atom. The second-order valence-electron chi connectivity index (χ2n) is 6.45. The molecule has 1 heterocycles. The third kappa shape index (κ3) is 4.95. The van der Waals surface area contributed by atoms with Crippen molar-refractivity contribution in [2.75, 3.05) is 25.6 Å². The van der Waals surface area contributed by atoms with Gasteiger partial charge in [-0.1, -0.05) is 6.07 Å². The van der Waals surface area contributed by atoms with Gasteiger partial charge in [0.05, 0.1) is 18.8 Å². The number of nitrogens with one attached hydrogen (secondary N) is 2. The molecule has 0 aliphatic carbocycles. The molecule has 2 amide bonds. The van der Waals surface area contributed by atoms with E-state index in [0.717, 1.165) is 19.4 Å². The minimum atomic E-state index is -0.506. The molecule has 0 spiro atoms. The minimum Gasteiger partial charge on any atom is -0.465 e. The Labute approximate surface area is 163 Å². The molecule has 0 unspecified atom stereocenters. The van der Waals surface area contributed by atoms with E-state index in [9.17, 15) is 14.4 Å². The van der Waals surface area contributed by atoms with E-state index in [-0.39, 0.29) is 17.9 Å². The van der Waals surface area contributed by atoms with Gasteiger partial charge in [0.15, 0.2) is 0 Å². The Morgan fingerprint density at radius 2 is 1.79 bits per heavy atom. The quantitative estimate of drug-likeness (QED) is 0.749. The maximum atomic E-state index is 12.4. The van der Waals surface area contributed by atoms with Crippen molar-refractivity contribution in [3.05, 3.63) is 65.2 Å². The first kappa shape index (κ1) is 19.6. The van der Waals surface area contributed by atoms with Crippen molar-refractivity contribution in [3.63, 3.8) is 0 Å². The molecule has 0 bridgehead atoms. The molecule has 0 saturated carbocycles. The van der Waals surface area contributed by atoms with Crippen LogP contribution < -0.4 is 10.6 Å². The number of methoxy groups -OCH3 is 1. The second-order valence-corrected chi connectivity index (χ2v) is 6.45. The average molecular weight is 382 g/mol. The second kappa shape index (κ2) is 9.14. The highest BCUT2D eigenvalue weighted by Crippen LogP contribution is 2.14. The summed E-state index contributed by atoms with van der Waals surface area (Å²) in [6.45, 7) is 1.24. The van der Waals surface area contributed by atoms with Gasteiger partial charge >= 0.3 is 5.97 Å². The zero-order valence-corrected chi connectivity index (χ0v) is 15.6. The number of ether oxygens (including phenoxy) is 2. The fourth-order valence-corrected chi connectivity index (χ4v) is 2.93. The fraction of sp³-hybridized carbons (Fsp3) is 0.286. The first-order valence-corrected chi connectivity index (χ1v) is 9.06. The Bertz CT molecular complexity index is 857. The molecule has 1 atom stereocenters. The molecule has 0 radical (unpaired) electrons. The molecule has 3 rings (SSSR count). The van der Waals surface area contributed by atoms with Crippen LogP contribution in [0.15, 0.2) is 48.5 Å². The van der Waals surface area contributed by atoms with Crippen molar-refractivity contribution in [1.82, 2.24) is 5.32 Å². The first-order chi connectivity index (χ1) is 13.6. The van der Waals surface area contributed by atoms with Gasteiger partial charge in [-0.2, -0.15) is 0 Å². The third-order valence-electron chi connectivity index (χ3n) is 4.47. The van der Waals surface area contributed by atoms with Gasteiger partial charge in [-0.3, -0.25) is 9.59 Å². The number of benzene rings is 2. The maximum Gasteiger partial charge on any atom is 0.337 e. The summed E-state index contributed by atoms with van der Waals surface area (Å²) in [6, 6.07) is 12.9. The number of esters is 1. The van der Waals surface area contributed by atoms with Crippen LogP contribution in [0.3, 0.4) is 0 Å². The van der Waals surface area contributed by atoms with Gasteiger partial charge < -0.3 is 20.1 Å². The number of carbonyl (C=O) groups excluding carboxylic acids is 3. The summed E-state index contributed by atoms with van der Waals surface area (Å²) in [5.74, 6) is -1.05. The highest BCUT2D eigenvalue weighted by atomic mass is 16.5. The van der Waals surface area contributed by atoms with Crippen LogP contribution in [0, 0.1) is 0 Å². The SMILES string of the molecule is COC(=O)c1cccc(C(=O)Nc2ccc(C(=O)NC[C@H]3CCCO3)cc2)c1. The van der Waals surface area contributed by atoms with E-state index in [1.165, 1.54) is 13.2 Å². The van der Waals surface area contributed by atoms with E-state index in [2.05, 4.69) is 15.4 Å². The summed E-state index contributed by atoms with van der Waals surface area (Å²) < 4.78 is 10.1. The largest absolute Gasteiger partial charge is 0.465 e. The summed E-state index contributed by atoms with van der Waals surface area (Å²) in [5.41, 5.74) is 1.68. The maximum absolute atomic E-state index is 12.4. The molecule has 2 aromatic rings. The van der Waals surface area contributed by atoms with Gasteiger partial charge in [-0.05, 0) is 55.3 Å². The van der Waals surface area contributed by atoms with Gasteiger partial charge in [0, 0.05) is 30.0 Å². The monoisotopic (exact) mass is 382 g/mol. The molecule has 2 N–H and O–H groups in total. The molecule has 7 nitrogen and oxygen atoms in total. The molecule has 146 valence electrons. The summed E-state index contributed by atoms with van der Waals surface area (Å²) in [4.78, 5) is 36.2. The molecular weight excluding hydrogens is 360 g/mol. The Morgan fingerprint density at radius 3 is 2.46 bits per heavy atom. The zero-order valence-electron chi connectivity index (χ0n) is 15.6. The van der Waals surface area contributed by atoms with Crippen molar-refractivity contribution in [3.8, 4) is 0 Å². The van der Waals surface area contributed by atoms with Crippen LogP contribution in [0.4, 0.5) is 5.69 Å². The Hall–Kier alpha value is -3.19. The number of amides is 2. The Kier molecular flexibility index (Phi) is 6.39. The lowest BCUT2D eigenvalue weighted by atomic mass is 10.1. The lowest BCUT2D eigenvalue weighted by Gasteiger charge is -2.11. The molecule has 1 saturated heterocycles. The lowest BCUT2D eigenvalue weighted by molar-refractivity contribution is 0.0600. The Balaban J connectivity index is 1.58. The van der Waals surface area contributed by atoms with E-state index in [4.69, 9.17) is 4.74 Å². The van der Waals surface area contributed by atoms with Crippen LogP contribution in [0.2, 0.25) is 0 Å². The lowest BCUT2D eigenvalue weighted by Crippen LogP contribution is -2.31. The van der Waals surface area contributed by atoms with Crippen LogP contribution in [-0.4, -0.2) is 44.1 Å². The number of carbonyl (C=O) groups is 3. The summed E-state index contributed by atoms with van der Waals surface area (Å²) in [5, 5.41) is 5.60. The standard InChI is InChI=1S/C21H22N2O5/c1-27-21(26)16-5-2-4-15(12-16)20(25)23-17-9-7-14(8-10-17)19(24)22-13-18-6-3-11-28-18/h2,4-5,7-10,12,18H,3,6,11,13H2,1H3,(H,22,24)(H,23,25)/t18-/m1/s1. The molecule has 1 aliphatic rings. The van der Waals surface area contributed by atoms with E-state index in [0.29, 0.717) is 28.9 Å². The minimum absolute atomic E-state index is 0.0864. The number of anilines is 1. The van der Waals surface area contributed by atoms with Gasteiger partial charge in [-0.15, -0.1) is 0 Å². The van der Waals surface area contributed by atoms with Crippen LogP contribution in [0.25, 0.3) is 0 Å². The van der Waals surface area contributed by atoms with Crippen LogP contribution in [0.5, 0.6) is 0 Å². The van der Waals surface area contributed by atoms with Crippen molar-refractivity contribution in [2.24, 2.45) is 0 Å². The molecule has 28 heavy (non-hydrogen) atoms. The highest BCUT2D eigenvalue weighted by Gasteiger charge is 2.17. The highest BCUT2D eigenvalue weighted by molar-refractivity contribution is 6.06. The van der Waals surface area contributed by atoms with Gasteiger partial charge in [0.1, 0.15) is 0 Å². The predicted molar refractivity (Wildman–Crippen MR) is 103 cm³/mol.